The largest absolute Gasteiger partial charge is 0.744 e. The summed E-state index contributed by atoms with van der Waals surface area (Å²) in [4.78, 5) is 57.1. The molecule has 0 spiro atoms. The van der Waals surface area contributed by atoms with Crippen LogP contribution < -0.4 is 42.5 Å². The fourth-order valence-corrected chi connectivity index (χ4v) is 22.0. The average Bonchev–Trinajstić information content (AvgIpc) is 0.869. The zero-order chi connectivity index (χ0) is 109. The van der Waals surface area contributed by atoms with Crippen LogP contribution in [0.5, 0.6) is 0 Å². The van der Waals surface area contributed by atoms with E-state index in [1.54, 1.807) is 60.7 Å². The molecule has 3 aliphatic carbocycles. The van der Waals surface area contributed by atoms with E-state index in [2.05, 4.69) is 77.8 Å². The van der Waals surface area contributed by atoms with Gasteiger partial charge >= 0.3 is 18.1 Å². The molecule has 5 aromatic rings. The van der Waals surface area contributed by atoms with Gasteiger partial charge in [-0.15, -0.1) is 0 Å². The molecule has 13 rings (SSSR count). The standard InChI is InChI=1S/C18H34N2O.C17H33N3O.C16H30N2O.C12H25N3O.C11H23N3O.5C7H8O3S/c1-20(13-7-3-8-14-20)15-9-6-12-19-18(21)16-17-10-4-2-5-11-17;1-20(13-7-3-8-14-20)15-9-6-12-18-17(21)19-16-10-4-2-5-11-16;1-18(11-6-3-7-12-18)13-10-17-16(19)14-15-8-4-2-5-9-15;1-3-13-12(16)14-8-7-11-15(2)9-5-4-6-10-15;1-3-12-11(15)13-7-10-14(2)8-5-4-6-9-14;5*1-6-2-4-7(5-3-6)11(8,9)10/h17H,2-16H2,1H3;16H,2-15H2,1H3,(H-,18,19,21);15H,2-14H2,1H3;3-11H2,1-2H3,(H-,13,14,16);3-10H2,1-2H3,(H-,12,13,15);5*2-5H,1H3,(H,8,9,10). The number of quaternary nitrogens is 5. The van der Waals surface area contributed by atoms with Gasteiger partial charge in [0, 0.05) is 58.0 Å². The maximum absolute atomic E-state index is 11.9. The highest BCUT2D eigenvalue weighted by Crippen LogP contribution is 2.29. The van der Waals surface area contributed by atoms with Gasteiger partial charge < -0.3 is 87.7 Å². The highest BCUT2D eigenvalue weighted by molar-refractivity contribution is 7.86. The normalized spacial score (nSPS) is 18.0. The summed E-state index contributed by atoms with van der Waals surface area (Å²) in [5.41, 5.74) is 4.64. The van der Waals surface area contributed by atoms with Gasteiger partial charge in [-0.2, -0.15) is 0 Å². The average molecular weight is 2160 g/mol. The first-order valence-electron chi connectivity index (χ1n) is 54.3. The number of rotatable bonds is 32. The second-order valence-electron chi connectivity index (χ2n) is 42.8. The molecule has 8 aliphatic rings. The van der Waals surface area contributed by atoms with Crippen molar-refractivity contribution in [3.63, 3.8) is 0 Å². The van der Waals surface area contributed by atoms with Gasteiger partial charge in [-0.05, 0) is 281 Å². The van der Waals surface area contributed by atoms with Gasteiger partial charge in [-0.1, -0.05) is 146 Å². The predicted molar refractivity (Wildman–Crippen MR) is 578 cm³/mol. The molecular weight excluding hydrogens is 1970 g/mol. The van der Waals surface area contributed by atoms with Crippen LogP contribution in [0.15, 0.2) is 146 Å². The zero-order valence-electron chi connectivity index (χ0n) is 90.9. The number of nitrogens with zero attached hydrogens (tertiary/aromatic N) is 5. The fourth-order valence-electron chi connectivity index (χ4n) is 19.6. The second kappa shape index (κ2) is 69.7. The van der Waals surface area contributed by atoms with Crippen LogP contribution in [0.1, 0.15) is 279 Å². The quantitative estimate of drug-likeness (QED) is 0.0113. The number of unbranched alkanes of at least 4 members (excludes halogenated alkanes) is 2. The second-order valence-corrected chi connectivity index (χ2v) is 49.7. The van der Waals surface area contributed by atoms with Gasteiger partial charge in [-0.25, -0.2) is 56.5 Å². The summed E-state index contributed by atoms with van der Waals surface area (Å²) >= 11 is 0. The highest BCUT2D eigenvalue weighted by Gasteiger charge is 2.30. The Morgan fingerprint density at radius 3 is 0.714 bits per heavy atom. The summed E-state index contributed by atoms with van der Waals surface area (Å²) in [5.74, 6) is 1.90. The lowest BCUT2D eigenvalue weighted by Crippen LogP contribution is -2.52. The third kappa shape index (κ3) is 61.5. The molecule has 147 heavy (non-hydrogen) atoms. The van der Waals surface area contributed by atoms with E-state index < -0.39 is 50.6 Å². The number of piperidine rings is 5. The maximum Gasteiger partial charge on any atom is 0.315 e. The number of benzene rings is 5. The van der Waals surface area contributed by atoms with Crippen LogP contribution in [0, 0.1) is 46.5 Å². The molecule has 5 saturated heterocycles. The van der Waals surface area contributed by atoms with Crippen molar-refractivity contribution in [1.82, 2.24) is 42.5 Å². The third-order valence-corrected chi connectivity index (χ3v) is 33.2. The molecule has 8 fully saturated rings. The summed E-state index contributed by atoms with van der Waals surface area (Å²) in [6.45, 7) is 37.5. The SMILES string of the molecule is CCNC(=O)NCCC[N+]1(C)CCCCC1.CCNC(=O)NCC[N+]1(C)CCCCC1.C[N+]1(CCCCNC(=O)CC2CCCCC2)CCCCC1.C[N+]1(CCCCNC(=O)NC2CCCCC2)CCCCC1.C[N+]1(CCNC(=O)CC2CCCCC2)CCCCC1.Cc1ccc(S(=O)(=O)[O-])cc1.Cc1ccc(S(=O)(=O)[O-])cc1.Cc1ccc(S(=O)(=O)[O-])cc1.Cc1ccc(S(=O)(=O)[O-])cc1.Cc1ccc(S(=O)(=O)[O-])cc1. The van der Waals surface area contributed by atoms with E-state index in [0.717, 1.165) is 128 Å². The summed E-state index contributed by atoms with van der Waals surface area (Å²) in [7, 11) is -9.58. The monoisotopic (exact) mass is 2160 g/mol. The molecule has 0 atom stereocenters. The summed E-state index contributed by atoms with van der Waals surface area (Å²) in [6.07, 6.45) is 47.3. The van der Waals surface area contributed by atoms with E-state index in [4.69, 9.17) is 0 Å². The van der Waals surface area contributed by atoms with E-state index in [-0.39, 0.29) is 48.5 Å². The molecule has 38 heteroatoms. The van der Waals surface area contributed by atoms with Crippen LogP contribution in [0.25, 0.3) is 0 Å². The molecule has 5 aliphatic heterocycles. The van der Waals surface area contributed by atoms with E-state index in [0.29, 0.717) is 36.9 Å². The van der Waals surface area contributed by atoms with Crippen molar-refractivity contribution in [1.29, 1.82) is 0 Å². The minimum Gasteiger partial charge on any atom is -0.744 e. The Morgan fingerprint density at radius 2 is 0.456 bits per heavy atom. The number of nitrogens with one attached hydrogen (secondary N) is 8. The molecule has 0 aromatic heterocycles. The molecule has 5 heterocycles. The molecule has 0 unspecified atom stereocenters. The Labute approximate surface area is 885 Å². The lowest BCUT2D eigenvalue weighted by Gasteiger charge is -2.37. The van der Waals surface area contributed by atoms with Crippen LogP contribution in [0.4, 0.5) is 14.4 Å². The Morgan fingerprint density at radius 1 is 0.252 bits per heavy atom. The van der Waals surface area contributed by atoms with E-state index >= 15 is 0 Å². The van der Waals surface area contributed by atoms with Crippen molar-refractivity contribution in [2.45, 2.75) is 317 Å². The minimum atomic E-state index is -4.27. The zero-order valence-corrected chi connectivity index (χ0v) is 95.0. The van der Waals surface area contributed by atoms with Crippen molar-refractivity contribution < 1.29 is 111 Å². The van der Waals surface area contributed by atoms with Crippen molar-refractivity contribution >= 4 is 80.5 Å². The number of hydrogen-bond donors (Lipinski definition) is 8. The lowest BCUT2D eigenvalue weighted by molar-refractivity contribution is -0.914. The van der Waals surface area contributed by atoms with Gasteiger partial charge in [0.1, 0.15) is 50.6 Å². The van der Waals surface area contributed by atoms with Gasteiger partial charge in [0.2, 0.25) is 11.8 Å². The summed E-state index contributed by atoms with van der Waals surface area (Å²) in [5, 5.41) is 23.7. The van der Waals surface area contributed by atoms with Gasteiger partial charge in [-0.3, -0.25) is 9.59 Å². The van der Waals surface area contributed by atoms with Gasteiger partial charge in [0.05, 0.1) is 171 Å². The Kier molecular flexibility index (Phi) is 62.3. The smallest absolute Gasteiger partial charge is 0.315 e. The Bertz CT molecular complexity index is 4630. The van der Waals surface area contributed by atoms with Gasteiger partial charge in [0.25, 0.3) is 0 Å². The molecular formula is C109H185N13O20S5. The Hall–Kier alpha value is -7.80. The van der Waals surface area contributed by atoms with E-state index in [1.807, 2.05) is 48.5 Å². The van der Waals surface area contributed by atoms with Crippen LogP contribution in [-0.2, 0) is 60.2 Å². The van der Waals surface area contributed by atoms with Crippen molar-refractivity contribution in [2.75, 3.05) is 179 Å². The van der Waals surface area contributed by atoms with E-state index in [1.165, 1.54) is 352 Å². The number of aryl methyl sites for hydroxylation is 5. The molecule has 5 aromatic carbocycles. The van der Waals surface area contributed by atoms with Crippen molar-refractivity contribution in [3.05, 3.63) is 149 Å². The first kappa shape index (κ1) is 131. The first-order valence-corrected chi connectivity index (χ1v) is 61.3. The highest BCUT2D eigenvalue weighted by atomic mass is 32.2. The molecule has 0 radical (unpaired) electrons. The molecule has 8 N–H and O–H groups in total. The minimum absolute atomic E-state index is 0.0382. The summed E-state index contributed by atoms with van der Waals surface area (Å²) < 4.78 is 162. The van der Waals surface area contributed by atoms with E-state index in [9.17, 15) is 88.8 Å². The number of likely N-dealkylation sites (N-methyl/N-ethyl adjacent to an activating group) is 2. The van der Waals surface area contributed by atoms with Gasteiger partial charge in [0.15, 0.2) is 0 Å². The predicted octanol–water partition coefficient (Wildman–Crippen LogP) is 16.0. The molecule has 8 amide bonds. The van der Waals surface area contributed by atoms with Crippen LogP contribution in [-0.4, -0.2) is 302 Å². The maximum atomic E-state index is 11.9. The number of carbonyl (C=O) groups excluding carboxylic acids is 5. The number of carbonyl (C=O) groups is 5. The summed E-state index contributed by atoms with van der Waals surface area (Å²) in [6, 6.07) is 29.3. The first-order chi connectivity index (χ1) is 69.4. The van der Waals surface area contributed by atoms with Crippen LogP contribution >= 0.6 is 0 Å². The molecule has 3 saturated carbocycles. The van der Waals surface area contributed by atoms with Crippen LogP contribution in [0.3, 0.4) is 0 Å². The molecule has 836 valence electrons. The number of amides is 8. The lowest BCUT2D eigenvalue weighted by atomic mass is 9.87. The number of hydrogen-bond acceptors (Lipinski definition) is 20. The topological polar surface area (TPSA) is 468 Å². The van der Waals surface area contributed by atoms with Crippen molar-refractivity contribution in [3.8, 4) is 0 Å². The number of urea groups is 3. The molecule has 33 nitrogen and oxygen atoms in total. The van der Waals surface area contributed by atoms with Crippen LogP contribution in [0.2, 0.25) is 0 Å². The fraction of sp³-hybridized carbons (Fsp3) is 0.679. The third-order valence-electron chi connectivity index (χ3n) is 29.0. The molecule has 0 bridgehead atoms. The Balaban J connectivity index is 0.000000344. The van der Waals surface area contributed by atoms with Crippen molar-refractivity contribution in [2.24, 2.45) is 11.8 Å². The number of likely N-dealkylation sites (tertiary alicyclic amines) is 5.